The Kier molecular flexibility index (Phi) is 6.45. The third kappa shape index (κ3) is 5.20. The number of halogens is 3. The van der Waals surface area contributed by atoms with Gasteiger partial charge in [0.15, 0.2) is 0 Å². The fraction of sp³-hybridized carbons (Fsp3) is 0.208. The normalized spacial score (nSPS) is 11.2. The molecule has 0 radical (unpaired) electrons. The van der Waals surface area contributed by atoms with Crippen LogP contribution in [0.5, 0.6) is 5.75 Å². The van der Waals surface area contributed by atoms with Crippen molar-refractivity contribution >= 4 is 11.6 Å². The number of amides is 1. The maximum atomic E-state index is 13.2. The van der Waals surface area contributed by atoms with Crippen LogP contribution in [-0.4, -0.2) is 12.5 Å². The van der Waals surface area contributed by atoms with Crippen LogP contribution in [0.15, 0.2) is 66.7 Å². The summed E-state index contributed by atoms with van der Waals surface area (Å²) in [4.78, 5) is 12.7. The predicted octanol–water partition coefficient (Wildman–Crippen LogP) is 6.20. The van der Waals surface area contributed by atoms with Gasteiger partial charge in [0, 0.05) is 12.0 Å². The summed E-state index contributed by atoms with van der Waals surface area (Å²) in [6.07, 6.45) is -3.81. The van der Waals surface area contributed by atoms with Gasteiger partial charge in [0.1, 0.15) is 5.75 Å². The van der Waals surface area contributed by atoms with Crippen molar-refractivity contribution in [2.24, 2.45) is 0 Å². The molecule has 0 unspecified atom stereocenters. The van der Waals surface area contributed by atoms with Crippen LogP contribution in [0.2, 0.25) is 0 Å². The van der Waals surface area contributed by atoms with Gasteiger partial charge in [-0.15, -0.1) is 0 Å². The van der Waals surface area contributed by atoms with Crippen LogP contribution in [0.1, 0.15) is 32.6 Å². The molecule has 3 nitrogen and oxygen atoms in total. The van der Waals surface area contributed by atoms with Crippen molar-refractivity contribution in [1.29, 1.82) is 0 Å². The van der Waals surface area contributed by atoms with E-state index in [0.29, 0.717) is 29.0 Å². The van der Waals surface area contributed by atoms with E-state index < -0.39 is 17.6 Å². The van der Waals surface area contributed by atoms with Gasteiger partial charge in [-0.1, -0.05) is 42.5 Å². The second kappa shape index (κ2) is 9.03. The van der Waals surface area contributed by atoms with E-state index >= 15 is 0 Å². The van der Waals surface area contributed by atoms with Crippen molar-refractivity contribution in [2.75, 3.05) is 11.9 Å². The van der Waals surface area contributed by atoms with Gasteiger partial charge in [-0.3, -0.25) is 4.79 Å². The van der Waals surface area contributed by atoms with Crippen molar-refractivity contribution in [3.63, 3.8) is 0 Å². The number of aryl methyl sites for hydroxylation is 2. The maximum Gasteiger partial charge on any atom is 0.418 e. The molecule has 3 aromatic rings. The highest BCUT2D eigenvalue weighted by Crippen LogP contribution is 2.35. The molecule has 1 amide bonds. The summed E-state index contributed by atoms with van der Waals surface area (Å²) in [7, 11) is 0. The lowest BCUT2D eigenvalue weighted by atomic mass is 10.0. The minimum Gasteiger partial charge on any atom is -0.493 e. The number of hydrogen-bond donors (Lipinski definition) is 1. The first-order valence-electron chi connectivity index (χ1n) is 9.51. The first-order valence-corrected chi connectivity index (χ1v) is 9.51. The van der Waals surface area contributed by atoms with Gasteiger partial charge >= 0.3 is 6.18 Å². The molecule has 0 fully saturated rings. The number of carbonyl (C=O) groups is 1. The second-order valence-electron chi connectivity index (χ2n) is 7.01. The van der Waals surface area contributed by atoms with Crippen molar-refractivity contribution in [2.45, 2.75) is 26.4 Å². The van der Waals surface area contributed by atoms with Crippen molar-refractivity contribution in [1.82, 2.24) is 0 Å². The molecule has 0 aliphatic heterocycles. The number of ether oxygens (including phenoxy) is 1. The predicted molar refractivity (Wildman–Crippen MR) is 111 cm³/mol. The monoisotopic (exact) mass is 413 g/mol. The van der Waals surface area contributed by atoms with Crippen LogP contribution in [-0.2, 0) is 12.6 Å². The Hall–Kier alpha value is -3.28. The lowest BCUT2D eigenvalue weighted by Gasteiger charge is -2.16. The lowest BCUT2D eigenvalue weighted by molar-refractivity contribution is -0.136. The number of carbonyl (C=O) groups excluding carboxylic acids is 1. The van der Waals surface area contributed by atoms with E-state index in [9.17, 15) is 18.0 Å². The van der Waals surface area contributed by atoms with E-state index in [2.05, 4.69) is 5.32 Å². The Morgan fingerprint density at radius 3 is 2.17 bits per heavy atom. The fourth-order valence-electron chi connectivity index (χ4n) is 3.32. The number of rotatable bonds is 6. The van der Waals surface area contributed by atoms with Crippen molar-refractivity contribution < 1.29 is 22.7 Å². The third-order valence-electron chi connectivity index (χ3n) is 4.72. The van der Waals surface area contributed by atoms with Crippen molar-refractivity contribution in [3.05, 3.63) is 94.5 Å². The second-order valence-corrected chi connectivity index (χ2v) is 7.01. The van der Waals surface area contributed by atoms with E-state index in [1.54, 1.807) is 26.0 Å². The van der Waals surface area contributed by atoms with Gasteiger partial charge in [-0.2, -0.15) is 13.2 Å². The summed E-state index contributed by atoms with van der Waals surface area (Å²) in [5.74, 6) is 0.0331. The maximum absolute atomic E-state index is 13.2. The molecule has 0 aliphatic rings. The molecule has 0 bridgehead atoms. The van der Waals surface area contributed by atoms with Gasteiger partial charge < -0.3 is 10.1 Å². The van der Waals surface area contributed by atoms with Crippen LogP contribution in [0.4, 0.5) is 18.9 Å². The molecule has 6 heteroatoms. The average molecular weight is 413 g/mol. The number of hydrogen-bond acceptors (Lipinski definition) is 2. The van der Waals surface area contributed by atoms with Crippen LogP contribution >= 0.6 is 0 Å². The van der Waals surface area contributed by atoms with Crippen LogP contribution in [0.3, 0.4) is 0 Å². The Balaban J connectivity index is 1.73. The zero-order valence-electron chi connectivity index (χ0n) is 16.7. The topological polar surface area (TPSA) is 38.3 Å². The Morgan fingerprint density at radius 2 is 1.53 bits per heavy atom. The smallest absolute Gasteiger partial charge is 0.418 e. The molecule has 0 atom stereocenters. The van der Waals surface area contributed by atoms with Gasteiger partial charge in [-0.05, 0) is 54.8 Å². The highest BCUT2D eigenvalue weighted by Gasteiger charge is 2.33. The van der Waals surface area contributed by atoms with Gasteiger partial charge in [-0.25, -0.2) is 0 Å². The number of benzene rings is 3. The molecule has 1 N–H and O–H groups in total. The lowest BCUT2D eigenvalue weighted by Crippen LogP contribution is -2.18. The summed E-state index contributed by atoms with van der Waals surface area (Å²) >= 11 is 0. The standard InChI is InChI=1S/C24H22F3NO2/c1-16-14-19(30-13-12-18-8-4-3-5-9-18)15-17(2)22(16)23(29)28-21-11-7-6-10-20(21)24(25,26)27/h3-11,14-15H,12-13H2,1-2H3,(H,28,29). The molecule has 0 spiro atoms. The number of nitrogens with one attached hydrogen (secondary N) is 1. The average Bonchev–Trinajstić information content (AvgIpc) is 2.68. The number of anilines is 1. The summed E-state index contributed by atoms with van der Waals surface area (Å²) in [5.41, 5.74) is 1.61. The minimum absolute atomic E-state index is 0.267. The molecule has 30 heavy (non-hydrogen) atoms. The summed E-state index contributed by atoms with van der Waals surface area (Å²) in [6.45, 7) is 3.96. The van der Waals surface area contributed by atoms with E-state index in [1.165, 1.54) is 18.2 Å². The molecule has 3 rings (SSSR count). The molecule has 0 saturated carbocycles. The highest BCUT2D eigenvalue weighted by atomic mass is 19.4. The Labute approximate surface area is 173 Å². The molecular weight excluding hydrogens is 391 g/mol. The molecule has 0 aromatic heterocycles. The first-order chi connectivity index (χ1) is 14.3. The zero-order chi connectivity index (χ0) is 21.7. The van der Waals surface area contributed by atoms with E-state index in [-0.39, 0.29) is 5.69 Å². The van der Waals surface area contributed by atoms with E-state index in [1.807, 2.05) is 30.3 Å². The third-order valence-corrected chi connectivity index (χ3v) is 4.72. The van der Waals surface area contributed by atoms with Gasteiger partial charge in [0.2, 0.25) is 0 Å². The summed E-state index contributed by atoms with van der Waals surface area (Å²) in [5, 5.41) is 2.40. The molecule has 0 saturated heterocycles. The first kappa shape index (κ1) is 21.4. The molecule has 156 valence electrons. The molecule has 0 heterocycles. The summed E-state index contributed by atoms with van der Waals surface area (Å²) < 4.78 is 45.4. The Bertz CT molecular complexity index is 1010. The van der Waals surface area contributed by atoms with E-state index in [4.69, 9.17) is 4.74 Å². The van der Waals surface area contributed by atoms with Crippen molar-refractivity contribution in [3.8, 4) is 5.75 Å². The molecular formula is C24H22F3NO2. The molecule has 0 aliphatic carbocycles. The molecule has 3 aromatic carbocycles. The minimum atomic E-state index is -4.55. The summed E-state index contributed by atoms with van der Waals surface area (Å²) in [6, 6.07) is 18.3. The van der Waals surface area contributed by atoms with Gasteiger partial charge in [0.25, 0.3) is 5.91 Å². The largest absolute Gasteiger partial charge is 0.493 e. The van der Waals surface area contributed by atoms with Gasteiger partial charge in [0.05, 0.1) is 17.9 Å². The van der Waals surface area contributed by atoms with E-state index in [0.717, 1.165) is 18.1 Å². The van der Waals surface area contributed by atoms with Crippen LogP contribution in [0.25, 0.3) is 0 Å². The zero-order valence-corrected chi connectivity index (χ0v) is 16.7. The SMILES string of the molecule is Cc1cc(OCCc2ccccc2)cc(C)c1C(=O)Nc1ccccc1C(F)(F)F. The highest BCUT2D eigenvalue weighted by molar-refractivity contribution is 6.06. The van der Waals surface area contributed by atoms with Crippen LogP contribution < -0.4 is 10.1 Å². The quantitative estimate of drug-likeness (QED) is 0.523. The van der Waals surface area contributed by atoms with Crippen LogP contribution in [0, 0.1) is 13.8 Å². The Morgan fingerprint density at radius 1 is 0.933 bits per heavy atom. The number of alkyl halides is 3. The number of para-hydroxylation sites is 1. The fourth-order valence-corrected chi connectivity index (χ4v) is 3.32.